The number of fused-ring (bicyclic) bond motifs is 3. The number of hydrogen-bond donors (Lipinski definition) is 0. The Morgan fingerprint density at radius 1 is 1.13 bits per heavy atom. The molecule has 1 aliphatic rings. The van der Waals surface area contributed by atoms with E-state index in [4.69, 9.17) is 4.98 Å². The summed E-state index contributed by atoms with van der Waals surface area (Å²) in [5, 5.41) is 0. The van der Waals surface area contributed by atoms with Gasteiger partial charge in [-0.05, 0) is 35.1 Å². The zero-order chi connectivity index (χ0) is 16.6. The molecule has 2 atom stereocenters. The standard InChI is InChI=1S/C20H25N2P/c1-14-18(23)16-9-6-5-8-15(16)17-10-7-12-21-19(17)22(14)13-11-20(2,3)4/h5-10,12,18H,1,11,13,23H2,2-4H3. The van der Waals surface area contributed by atoms with Crippen LogP contribution in [0.5, 0.6) is 0 Å². The molecule has 0 saturated heterocycles. The predicted octanol–water partition coefficient (Wildman–Crippen LogP) is 5.43. The van der Waals surface area contributed by atoms with E-state index in [1.54, 1.807) is 0 Å². The Kier molecular flexibility index (Phi) is 4.29. The fourth-order valence-corrected chi connectivity index (χ4v) is 3.49. The minimum Gasteiger partial charge on any atom is -0.329 e. The summed E-state index contributed by atoms with van der Waals surface area (Å²) in [5.74, 6) is 1.03. The Morgan fingerprint density at radius 2 is 1.83 bits per heavy atom. The van der Waals surface area contributed by atoms with Gasteiger partial charge in [0.1, 0.15) is 5.82 Å². The largest absolute Gasteiger partial charge is 0.329 e. The number of aromatic nitrogens is 1. The lowest BCUT2D eigenvalue weighted by atomic mass is 9.92. The fourth-order valence-electron chi connectivity index (χ4n) is 3.02. The summed E-state index contributed by atoms with van der Waals surface area (Å²) in [6.45, 7) is 12.2. The Hall–Kier alpha value is -1.66. The van der Waals surface area contributed by atoms with Gasteiger partial charge in [0.25, 0.3) is 0 Å². The van der Waals surface area contributed by atoms with Gasteiger partial charge in [-0.2, -0.15) is 0 Å². The van der Waals surface area contributed by atoms with Gasteiger partial charge < -0.3 is 4.90 Å². The van der Waals surface area contributed by atoms with Crippen molar-refractivity contribution in [3.63, 3.8) is 0 Å². The summed E-state index contributed by atoms with van der Waals surface area (Å²) in [6.07, 6.45) is 2.97. The molecule has 3 rings (SSSR count). The van der Waals surface area contributed by atoms with Crippen molar-refractivity contribution in [1.29, 1.82) is 0 Å². The second kappa shape index (κ2) is 6.09. The molecule has 0 aliphatic carbocycles. The summed E-state index contributed by atoms with van der Waals surface area (Å²) in [6, 6.07) is 12.8. The van der Waals surface area contributed by atoms with Gasteiger partial charge in [-0.1, -0.05) is 51.6 Å². The molecule has 2 nitrogen and oxygen atoms in total. The first-order valence-corrected chi connectivity index (χ1v) is 8.81. The molecule has 0 amide bonds. The lowest BCUT2D eigenvalue weighted by Crippen LogP contribution is -2.28. The van der Waals surface area contributed by atoms with Crippen molar-refractivity contribution >= 4 is 15.1 Å². The molecular weight excluding hydrogens is 299 g/mol. The molecular formula is C20H25N2P. The highest BCUT2D eigenvalue weighted by Crippen LogP contribution is 2.46. The van der Waals surface area contributed by atoms with E-state index in [-0.39, 0.29) is 11.1 Å². The lowest BCUT2D eigenvalue weighted by Gasteiger charge is -2.31. The molecule has 0 radical (unpaired) electrons. The van der Waals surface area contributed by atoms with E-state index in [9.17, 15) is 0 Å². The molecule has 23 heavy (non-hydrogen) atoms. The van der Waals surface area contributed by atoms with Gasteiger partial charge in [0.05, 0.1) is 0 Å². The molecule has 0 fully saturated rings. The number of anilines is 1. The van der Waals surface area contributed by atoms with Crippen LogP contribution in [0, 0.1) is 5.41 Å². The van der Waals surface area contributed by atoms with Crippen LogP contribution in [0.3, 0.4) is 0 Å². The molecule has 0 N–H and O–H groups in total. The van der Waals surface area contributed by atoms with Crippen LogP contribution in [-0.2, 0) is 0 Å². The maximum Gasteiger partial charge on any atom is 0.140 e. The smallest absolute Gasteiger partial charge is 0.140 e. The first-order valence-electron chi connectivity index (χ1n) is 8.15. The van der Waals surface area contributed by atoms with Crippen molar-refractivity contribution in [3.8, 4) is 11.1 Å². The van der Waals surface area contributed by atoms with Gasteiger partial charge in [-0.15, -0.1) is 9.24 Å². The van der Waals surface area contributed by atoms with Gasteiger partial charge in [0, 0.05) is 29.7 Å². The predicted molar refractivity (Wildman–Crippen MR) is 103 cm³/mol. The summed E-state index contributed by atoms with van der Waals surface area (Å²) < 4.78 is 0. The van der Waals surface area contributed by atoms with Crippen LogP contribution in [-0.4, -0.2) is 11.5 Å². The molecule has 2 aromatic rings. The molecule has 1 aromatic carbocycles. The van der Waals surface area contributed by atoms with Gasteiger partial charge in [-0.25, -0.2) is 4.98 Å². The number of pyridine rings is 1. The summed E-state index contributed by atoms with van der Waals surface area (Å²) >= 11 is 0. The molecule has 120 valence electrons. The van der Waals surface area contributed by atoms with Gasteiger partial charge in [-0.3, -0.25) is 0 Å². The quantitative estimate of drug-likeness (QED) is 0.684. The van der Waals surface area contributed by atoms with Crippen LogP contribution in [0.15, 0.2) is 54.9 Å². The van der Waals surface area contributed by atoms with Crippen LogP contribution in [0.25, 0.3) is 11.1 Å². The third-order valence-electron chi connectivity index (χ3n) is 4.42. The average molecular weight is 324 g/mol. The summed E-state index contributed by atoms with van der Waals surface area (Å²) in [4.78, 5) is 7.00. The first kappa shape index (κ1) is 16.2. The monoisotopic (exact) mass is 324 g/mol. The van der Waals surface area contributed by atoms with Crippen molar-refractivity contribution < 1.29 is 0 Å². The fraction of sp³-hybridized carbons (Fsp3) is 0.350. The zero-order valence-electron chi connectivity index (χ0n) is 14.2. The molecule has 0 spiro atoms. The Bertz CT molecular complexity index is 730. The van der Waals surface area contributed by atoms with E-state index in [1.807, 2.05) is 12.3 Å². The van der Waals surface area contributed by atoms with E-state index in [2.05, 4.69) is 71.8 Å². The number of nitrogens with zero attached hydrogens (tertiary/aromatic N) is 2. The van der Waals surface area contributed by atoms with E-state index < -0.39 is 0 Å². The zero-order valence-corrected chi connectivity index (χ0v) is 15.4. The molecule has 0 saturated carbocycles. The third kappa shape index (κ3) is 3.19. The minimum absolute atomic E-state index is 0.209. The molecule has 1 aliphatic heterocycles. The first-order chi connectivity index (χ1) is 10.9. The van der Waals surface area contributed by atoms with E-state index >= 15 is 0 Å². The molecule has 1 aromatic heterocycles. The van der Waals surface area contributed by atoms with Crippen LogP contribution in [0.1, 0.15) is 38.4 Å². The van der Waals surface area contributed by atoms with E-state index in [0.717, 1.165) is 24.5 Å². The van der Waals surface area contributed by atoms with E-state index in [0.29, 0.717) is 0 Å². The highest BCUT2D eigenvalue weighted by molar-refractivity contribution is 7.17. The van der Waals surface area contributed by atoms with Crippen molar-refractivity contribution in [2.45, 2.75) is 32.9 Å². The Morgan fingerprint density at radius 3 is 2.57 bits per heavy atom. The topological polar surface area (TPSA) is 16.1 Å². The molecule has 3 heteroatoms. The number of benzene rings is 1. The maximum absolute atomic E-state index is 4.70. The number of allylic oxidation sites excluding steroid dienone is 1. The second-order valence-electron chi connectivity index (χ2n) is 7.39. The van der Waals surface area contributed by atoms with E-state index in [1.165, 1.54) is 16.7 Å². The number of rotatable bonds is 2. The highest BCUT2D eigenvalue weighted by atomic mass is 31.0. The van der Waals surface area contributed by atoms with Crippen LogP contribution in [0.2, 0.25) is 0 Å². The maximum atomic E-state index is 4.70. The molecule has 0 bridgehead atoms. The summed E-state index contributed by atoms with van der Waals surface area (Å²) in [7, 11) is 2.96. The normalized spacial score (nSPS) is 17.5. The lowest BCUT2D eigenvalue weighted by molar-refractivity contribution is 0.381. The molecule has 2 unspecified atom stereocenters. The molecule has 2 heterocycles. The average Bonchev–Trinajstić information content (AvgIpc) is 2.61. The Labute approximate surface area is 141 Å². The number of hydrogen-bond acceptors (Lipinski definition) is 2. The van der Waals surface area contributed by atoms with Crippen LogP contribution in [0.4, 0.5) is 5.82 Å². The Balaban J connectivity index is 2.12. The SMILES string of the molecule is C=C1C(P)c2ccccc2-c2cccnc2N1CCC(C)(C)C. The van der Waals surface area contributed by atoms with Gasteiger partial charge in [0.2, 0.25) is 0 Å². The van der Waals surface area contributed by atoms with Crippen molar-refractivity contribution in [1.82, 2.24) is 4.98 Å². The summed E-state index contributed by atoms with van der Waals surface area (Å²) in [5.41, 5.74) is 5.35. The second-order valence-corrected chi connectivity index (χ2v) is 8.06. The van der Waals surface area contributed by atoms with Crippen LogP contribution >= 0.6 is 9.24 Å². The highest BCUT2D eigenvalue weighted by Gasteiger charge is 2.28. The third-order valence-corrected chi connectivity index (χ3v) is 5.16. The van der Waals surface area contributed by atoms with Gasteiger partial charge >= 0.3 is 0 Å². The van der Waals surface area contributed by atoms with Crippen LogP contribution < -0.4 is 4.90 Å². The van der Waals surface area contributed by atoms with Crippen molar-refractivity contribution in [2.24, 2.45) is 5.41 Å². The van der Waals surface area contributed by atoms with Crippen molar-refractivity contribution in [3.05, 3.63) is 60.4 Å². The minimum atomic E-state index is 0.209. The van der Waals surface area contributed by atoms with Crippen molar-refractivity contribution in [2.75, 3.05) is 11.4 Å². The van der Waals surface area contributed by atoms with Gasteiger partial charge in [0.15, 0.2) is 0 Å².